The van der Waals surface area contributed by atoms with Crippen LogP contribution in [0.2, 0.25) is 0 Å². The Balaban J connectivity index is 1.56. The number of fused-ring (bicyclic) bond motifs is 1. The molecule has 2 heterocycles. The number of hydrogen-bond donors (Lipinski definition) is 0. The Hall–Kier alpha value is -0.620. The highest BCUT2D eigenvalue weighted by Crippen LogP contribution is 2.33. The van der Waals surface area contributed by atoms with Crippen LogP contribution < -0.4 is 0 Å². The van der Waals surface area contributed by atoms with Crippen LogP contribution in [0.4, 0.5) is 0 Å². The predicted molar refractivity (Wildman–Crippen MR) is 85.3 cm³/mol. The molecule has 1 saturated heterocycles. The third-order valence-corrected chi connectivity index (χ3v) is 5.44. The van der Waals surface area contributed by atoms with E-state index in [2.05, 4.69) is 56.4 Å². The molecule has 0 spiro atoms. The number of hydrogen-bond acceptors (Lipinski definition) is 2. The van der Waals surface area contributed by atoms with Gasteiger partial charge in [-0.3, -0.25) is 9.58 Å². The van der Waals surface area contributed by atoms with Gasteiger partial charge in [-0.25, -0.2) is 0 Å². The van der Waals surface area contributed by atoms with Gasteiger partial charge in [-0.2, -0.15) is 5.10 Å². The minimum atomic E-state index is 0.578. The molecule has 2 aliphatic rings. The fraction of sp³-hybridized carbons (Fsp3) is 0.533. The van der Waals surface area contributed by atoms with Crippen molar-refractivity contribution in [2.75, 3.05) is 13.1 Å². The molecule has 0 radical (unpaired) electrons. The molecule has 0 unspecified atom stereocenters. The second-order valence-corrected chi connectivity index (χ2v) is 6.82. The van der Waals surface area contributed by atoms with Crippen LogP contribution in [0.3, 0.4) is 0 Å². The van der Waals surface area contributed by atoms with Crippen LogP contribution in [0.5, 0.6) is 0 Å². The molecule has 0 atom stereocenters. The van der Waals surface area contributed by atoms with E-state index in [9.17, 15) is 0 Å². The summed E-state index contributed by atoms with van der Waals surface area (Å²) in [4.78, 5) is 2.65. The van der Waals surface area contributed by atoms with Crippen molar-refractivity contribution in [1.82, 2.24) is 14.7 Å². The summed E-state index contributed by atoms with van der Waals surface area (Å²) in [6.07, 6.45) is 5.66. The maximum absolute atomic E-state index is 4.75. The van der Waals surface area contributed by atoms with Gasteiger partial charge in [-0.15, -0.1) is 0 Å². The van der Waals surface area contributed by atoms with Crippen LogP contribution in [-0.2, 0) is 0 Å². The SMILES string of the molecule is Ic1nn(C2CN(C3CCCC3)C2)c2ccccc12. The van der Waals surface area contributed by atoms with Crippen molar-refractivity contribution in [3.8, 4) is 0 Å². The fourth-order valence-electron chi connectivity index (χ4n) is 3.54. The molecule has 1 saturated carbocycles. The van der Waals surface area contributed by atoms with Crippen molar-refractivity contribution in [1.29, 1.82) is 0 Å². The van der Waals surface area contributed by atoms with E-state index in [0.29, 0.717) is 6.04 Å². The van der Waals surface area contributed by atoms with Crippen molar-refractivity contribution in [2.45, 2.75) is 37.8 Å². The summed E-state index contributed by atoms with van der Waals surface area (Å²) in [7, 11) is 0. The molecule has 3 nitrogen and oxygen atoms in total. The second-order valence-electron chi connectivity index (χ2n) is 5.80. The van der Waals surface area contributed by atoms with Crippen molar-refractivity contribution in [2.24, 2.45) is 0 Å². The standard InChI is InChI=1S/C15H18IN3/c16-15-13-7-3-4-8-14(13)19(17-15)12-9-18(10-12)11-5-1-2-6-11/h3-4,7-8,11-12H,1-2,5-6,9-10H2. The molecular weight excluding hydrogens is 349 g/mol. The summed E-state index contributed by atoms with van der Waals surface area (Å²) >= 11 is 2.35. The first-order valence-electron chi connectivity index (χ1n) is 7.20. The molecule has 1 aliphatic carbocycles. The summed E-state index contributed by atoms with van der Waals surface area (Å²) in [6, 6.07) is 10.0. The number of nitrogens with zero attached hydrogens (tertiary/aromatic N) is 3. The molecule has 4 rings (SSSR count). The topological polar surface area (TPSA) is 21.1 Å². The van der Waals surface area contributed by atoms with Gasteiger partial charge >= 0.3 is 0 Å². The quantitative estimate of drug-likeness (QED) is 0.759. The van der Waals surface area contributed by atoms with E-state index < -0.39 is 0 Å². The average Bonchev–Trinajstić information content (AvgIpc) is 2.98. The molecule has 100 valence electrons. The highest BCUT2D eigenvalue weighted by molar-refractivity contribution is 14.1. The molecular formula is C15H18IN3. The lowest BCUT2D eigenvalue weighted by molar-refractivity contribution is 0.0574. The van der Waals surface area contributed by atoms with Gasteiger partial charge < -0.3 is 0 Å². The first-order chi connectivity index (χ1) is 9.33. The van der Waals surface area contributed by atoms with E-state index in [0.717, 1.165) is 9.74 Å². The van der Waals surface area contributed by atoms with Crippen LogP contribution >= 0.6 is 22.6 Å². The molecule has 0 amide bonds. The fourth-order valence-corrected chi connectivity index (χ4v) is 4.23. The minimum Gasteiger partial charge on any atom is -0.296 e. The zero-order chi connectivity index (χ0) is 12.8. The Morgan fingerprint density at radius 1 is 1.05 bits per heavy atom. The molecule has 0 bridgehead atoms. The van der Waals surface area contributed by atoms with E-state index in [1.165, 1.54) is 49.7 Å². The van der Waals surface area contributed by atoms with Crippen LogP contribution in [0, 0.1) is 3.70 Å². The monoisotopic (exact) mass is 367 g/mol. The van der Waals surface area contributed by atoms with Gasteiger partial charge in [0, 0.05) is 24.5 Å². The van der Waals surface area contributed by atoms with E-state index in [4.69, 9.17) is 5.10 Å². The summed E-state index contributed by atoms with van der Waals surface area (Å²) in [5.41, 5.74) is 1.29. The number of benzene rings is 1. The van der Waals surface area contributed by atoms with E-state index in [1.54, 1.807) is 0 Å². The average molecular weight is 367 g/mol. The largest absolute Gasteiger partial charge is 0.296 e. The maximum atomic E-state index is 4.75. The number of para-hydroxylation sites is 1. The van der Waals surface area contributed by atoms with Gasteiger partial charge in [-0.1, -0.05) is 31.0 Å². The Morgan fingerprint density at radius 3 is 2.58 bits per heavy atom. The summed E-state index contributed by atoms with van der Waals surface area (Å²) in [5.74, 6) is 0. The Kier molecular flexibility index (Phi) is 3.03. The molecule has 19 heavy (non-hydrogen) atoms. The van der Waals surface area contributed by atoms with Gasteiger partial charge in [0.2, 0.25) is 0 Å². The van der Waals surface area contributed by atoms with E-state index in [1.807, 2.05) is 0 Å². The van der Waals surface area contributed by atoms with Gasteiger partial charge in [0.15, 0.2) is 0 Å². The van der Waals surface area contributed by atoms with Crippen LogP contribution in [0.1, 0.15) is 31.7 Å². The highest BCUT2D eigenvalue weighted by Gasteiger charge is 2.35. The lowest BCUT2D eigenvalue weighted by Gasteiger charge is -2.43. The van der Waals surface area contributed by atoms with Crippen molar-refractivity contribution in [3.05, 3.63) is 28.0 Å². The summed E-state index contributed by atoms with van der Waals surface area (Å²) in [5, 5.41) is 6.04. The molecule has 1 aliphatic heterocycles. The molecule has 1 aromatic heterocycles. The van der Waals surface area contributed by atoms with Gasteiger partial charge in [0.25, 0.3) is 0 Å². The van der Waals surface area contributed by atoms with E-state index >= 15 is 0 Å². The third-order valence-electron chi connectivity index (χ3n) is 4.65. The Bertz CT molecular complexity index is 594. The zero-order valence-electron chi connectivity index (χ0n) is 10.9. The van der Waals surface area contributed by atoms with Crippen molar-refractivity contribution in [3.63, 3.8) is 0 Å². The molecule has 1 aromatic carbocycles. The molecule has 0 N–H and O–H groups in total. The third kappa shape index (κ3) is 2.00. The number of rotatable bonds is 2. The molecule has 2 aromatic rings. The van der Waals surface area contributed by atoms with Gasteiger partial charge in [-0.05, 0) is 41.5 Å². The number of aromatic nitrogens is 2. The first-order valence-corrected chi connectivity index (χ1v) is 8.27. The lowest BCUT2D eigenvalue weighted by Crippen LogP contribution is -2.52. The maximum Gasteiger partial charge on any atom is 0.131 e. The van der Waals surface area contributed by atoms with Crippen LogP contribution in [0.15, 0.2) is 24.3 Å². The second kappa shape index (κ2) is 4.74. The number of halogens is 1. The van der Waals surface area contributed by atoms with Crippen LogP contribution in [0.25, 0.3) is 10.9 Å². The van der Waals surface area contributed by atoms with Crippen molar-refractivity contribution < 1.29 is 0 Å². The van der Waals surface area contributed by atoms with Crippen LogP contribution in [-0.4, -0.2) is 33.8 Å². The molecule has 4 heteroatoms. The Labute approximate surface area is 127 Å². The van der Waals surface area contributed by atoms with Gasteiger partial charge in [0.05, 0.1) is 11.6 Å². The zero-order valence-corrected chi connectivity index (χ0v) is 13.1. The van der Waals surface area contributed by atoms with E-state index in [-0.39, 0.29) is 0 Å². The number of likely N-dealkylation sites (tertiary alicyclic amines) is 1. The summed E-state index contributed by atoms with van der Waals surface area (Å²) < 4.78 is 3.38. The smallest absolute Gasteiger partial charge is 0.131 e. The summed E-state index contributed by atoms with van der Waals surface area (Å²) in [6.45, 7) is 2.37. The normalized spacial score (nSPS) is 22.2. The first kappa shape index (κ1) is 12.1. The molecule has 2 fully saturated rings. The highest BCUT2D eigenvalue weighted by atomic mass is 127. The van der Waals surface area contributed by atoms with Crippen molar-refractivity contribution >= 4 is 33.5 Å². The lowest BCUT2D eigenvalue weighted by atomic mass is 10.0. The Morgan fingerprint density at radius 2 is 1.79 bits per heavy atom. The predicted octanol–water partition coefficient (Wildman–Crippen LogP) is 3.44. The minimum absolute atomic E-state index is 0.578. The van der Waals surface area contributed by atoms with Gasteiger partial charge in [0.1, 0.15) is 3.70 Å².